The van der Waals surface area contributed by atoms with Crippen LogP contribution in [0.25, 0.3) is 0 Å². The third-order valence-electron chi connectivity index (χ3n) is 1.57. The zero-order valence-electron chi connectivity index (χ0n) is 7.04. The molecule has 14 heavy (non-hydrogen) atoms. The van der Waals surface area contributed by atoms with Crippen molar-refractivity contribution in [3.63, 3.8) is 0 Å². The molecular formula is C6H10F6N2. The molecule has 2 nitrogen and oxygen atoms in total. The van der Waals surface area contributed by atoms with Crippen molar-refractivity contribution in [1.29, 1.82) is 0 Å². The van der Waals surface area contributed by atoms with Crippen molar-refractivity contribution < 1.29 is 26.3 Å². The standard InChI is InChI=1S/C6H10F6N2/c7-4(8,2-1-3-13)5(9,10)6(11,12)14/h1-3,13-14H2. The van der Waals surface area contributed by atoms with E-state index in [0.29, 0.717) is 0 Å². The van der Waals surface area contributed by atoms with Crippen molar-refractivity contribution in [2.45, 2.75) is 30.7 Å². The Bertz CT molecular complexity index is 187. The van der Waals surface area contributed by atoms with Crippen LogP contribution in [-0.4, -0.2) is 24.4 Å². The molecule has 0 spiro atoms. The maximum atomic E-state index is 12.5. The largest absolute Gasteiger partial charge is 0.385 e. The molecule has 0 aromatic carbocycles. The molecule has 0 aliphatic carbocycles. The van der Waals surface area contributed by atoms with E-state index >= 15 is 0 Å². The van der Waals surface area contributed by atoms with Crippen LogP contribution in [0.1, 0.15) is 12.8 Å². The van der Waals surface area contributed by atoms with E-state index in [9.17, 15) is 26.3 Å². The lowest BCUT2D eigenvalue weighted by atomic mass is 10.0. The fourth-order valence-electron chi connectivity index (χ4n) is 0.725. The summed E-state index contributed by atoms with van der Waals surface area (Å²) >= 11 is 0. The lowest BCUT2D eigenvalue weighted by molar-refractivity contribution is -0.308. The van der Waals surface area contributed by atoms with Crippen LogP contribution in [0.5, 0.6) is 0 Å². The highest BCUT2D eigenvalue weighted by Gasteiger charge is 2.69. The molecule has 0 fully saturated rings. The van der Waals surface area contributed by atoms with Crippen LogP contribution in [0.4, 0.5) is 26.3 Å². The van der Waals surface area contributed by atoms with Crippen LogP contribution >= 0.6 is 0 Å². The van der Waals surface area contributed by atoms with E-state index in [4.69, 9.17) is 5.73 Å². The van der Waals surface area contributed by atoms with Gasteiger partial charge in [-0.2, -0.15) is 26.3 Å². The Morgan fingerprint density at radius 3 is 1.64 bits per heavy atom. The quantitative estimate of drug-likeness (QED) is 0.549. The molecule has 0 saturated carbocycles. The normalized spacial score (nSPS) is 14.6. The van der Waals surface area contributed by atoms with Crippen molar-refractivity contribution in [3.05, 3.63) is 0 Å². The number of alkyl halides is 6. The third kappa shape index (κ3) is 2.50. The van der Waals surface area contributed by atoms with E-state index in [1.54, 1.807) is 0 Å². The fourth-order valence-corrected chi connectivity index (χ4v) is 0.725. The number of nitrogens with two attached hydrogens (primary N) is 2. The maximum Gasteiger partial charge on any atom is 0.385 e. The molecule has 8 heteroatoms. The first kappa shape index (κ1) is 13.5. The topological polar surface area (TPSA) is 52.0 Å². The highest BCUT2D eigenvalue weighted by atomic mass is 19.3. The molecule has 0 aromatic rings. The van der Waals surface area contributed by atoms with Gasteiger partial charge < -0.3 is 5.73 Å². The molecule has 0 rings (SSSR count). The first-order valence-electron chi connectivity index (χ1n) is 3.68. The van der Waals surface area contributed by atoms with E-state index in [2.05, 4.69) is 5.73 Å². The van der Waals surface area contributed by atoms with Gasteiger partial charge in [0.15, 0.2) is 0 Å². The summed E-state index contributed by atoms with van der Waals surface area (Å²) in [5.74, 6) is -10.4. The molecule has 0 atom stereocenters. The summed E-state index contributed by atoms with van der Waals surface area (Å²) in [6, 6.07) is -5.24. The average Bonchev–Trinajstić information content (AvgIpc) is 1.98. The van der Waals surface area contributed by atoms with Crippen LogP contribution < -0.4 is 11.5 Å². The molecule has 0 heterocycles. The minimum absolute atomic E-state index is 0.290. The molecule has 0 saturated heterocycles. The minimum Gasteiger partial charge on any atom is -0.330 e. The molecule has 0 aromatic heterocycles. The Morgan fingerprint density at radius 2 is 1.36 bits per heavy atom. The molecule has 0 unspecified atom stereocenters. The van der Waals surface area contributed by atoms with Gasteiger partial charge in [0.2, 0.25) is 0 Å². The number of halogens is 6. The highest BCUT2D eigenvalue weighted by Crippen LogP contribution is 2.45. The van der Waals surface area contributed by atoms with Gasteiger partial charge in [-0.25, -0.2) is 0 Å². The summed E-state index contributed by atoms with van der Waals surface area (Å²) in [7, 11) is 0. The summed E-state index contributed by atoms with van der Waals surface area (Å²) in [5.41, 5.74) is 8.47. The number of hydrogen-bond acceptors (Lipinski definition) is 2. The molecular weight excluding hydrogens is 214 g/mol. The molecule has 0 aliphatic rings. The summed E-state index contributed by atoms with van der Waals surface area (Å²) < 4.78 is 73.6. The van der Waals surface area contributed by atoms with E-state index in [1.807, 2.05) is 0 Å². The third-order valence-corrected chi connectivity index (χ3v) is 1.57. The Kier molecular flexibility index (Phi) is 3.79. The molecule has 0 aliphatic heterocycles. The second-order valence-corrected chi connectivity index (χ2v) is 2.79. The minimum atomic E-state index is -5.56. The molecule has 0 bridgehead atoms. The molecule has 86 valence electrons. The predicted molar refractivity (Wildman–Crippen MR) is 37.3 cm³/mol. The Labute approximate surface area is 76.2 Å². The SMILES string of the molecule is NCCCC(F)(F)C(F)(F)C(N)(F)F. The lowest BCUT2D eigenvalue weighted by Crippen LogP contribution is -2.58. The first-order valence-corrected chi connectivity index (χ1v) is 3.68. The van der Waals surface area contributed by atoms with Gasteiger partial charge >= 0.3 is 17.9 Å². The fraction of sp³-hybridized carbons (Fsp3) is 1.00. The van der Waals surface area contributed by atoms with Gasteiger partial charge in [-0.05, 0) is 13.0 Å². The average molecular weight is 224 g/mol. The van der Waals surface area contributed by atoms with Gasteiger partial charge in [0.25, 0.3) is 0 Å². The van der Waals surface area contributed by atoms with E-state index < -0.39 is 30.7 Å². The number of rotatable bonds is 5. The molecule has 4 N–H and O–H groups in total. The Morgan fingerprint density at radius 1 is 0.929 bits per heavy atom. The van der Waals surface area contributed by atoms with Crippen molar-refractivity contribution >= 4 is 0 Å². The van der Waals surface area contributed by atoms with E-state index in [0.717, 1.165) is 0 Å². The Balaban J connectivity index is 4.69. The van der Waals surface area contributed by atoms with E-state index in [1.165, 1.54) is 0 Å². The second-order valence-electron chi connectivity index (χ2n) is 2.79. The zero-order valence-corrected chi connectivity index (χ0v) is 7.04. The second kappa shape index (κ2) is 3.93. The van der Waals surface area contributed by atoms with Crippen LogP contribution in [0.15, 0.2) is 0 Å². The van der Waals surface area contributed by atoms with Crippen LogP contribution in [-0.2, 0) is 0 Å². The summed E-state index contributed by atoms with van der Waals surface area (Å²) in [6.45, 7) is -0.290. The zero-order chi connectivity index (χ0) is 11.6. The monoisotopic (exact) mass is 224 g/mol. The lowest BCUT2D eigenvalue weighted by Gasteiger charge is -2.30. The van der Waals surface area contributed by atoms with Crippen LogP contribution in [0.2, 0.25) is 0 Å². The van der Waals surface area contributed by atoms with E-state index in [-0.39, 0.29) is 6.54 Å². The summed E-state index contributed by atoms with van der Waals surface area (Å²) in [5, 5.41) is 0. The van der Waals surface area contributed by atoms with Crippen molar-refractivity contribution in [1.82, 2.24) is 0 Å². The van der Waals surface area contributed by atoms with Crippen LogP contribution in [0.3, 0.4) is 0 Å². The van der Waals surface area contributed by atoms with Gasteiger partial charge in [0.1, 0.15) is 0 Å². The van der Waals surface area contributed by atoms with Crippen molar-refractivity contribution in [2.24, 2.45) is 11.5 Å². The van der Waals surface area contributed by atoms with Crippen molar-refractivity contribution in [3.8, 4) is 0 Å². The van der Waals surface area contributed by atoms with Gasteiger partial charge in [0, 0.05) is 6.42 Å². The van der Waals surface area contributed by atoms with Gasteiger partial charge in [-0.1, -0.05) is 0 Å². The highest BCUT2D eigenvalue weighted by molar-refractivity contribution is 4.92. The summed E-state index contributed by atoms with van der Waals surface area (Å²) in [6.07, 6.45) is -1.91. The molecule has 0 radical (unpaired) electrons. The van der Waals surface area contributed by atoms with Gasteiger partial charge in [0.05, 0.1) is 0 Å². The van der Waals surface area contributed by atoms with Gasteiger partial charge in [-0.15, -0.1) is 0 Å². The van der Waals surface area contributed by atoms with Crippen molar-refractivity contribution in [2.75, 3.05) is 6.54 Å². The maximum absolute atomic E-state index is 12.5. The van der Waals surface area contributed by atoms with Gasteiger partial charge in [-0.3, -0.25) is 5.73 Å². The first-order chi connectivity index (χ1) is 6.06. The molecule has 0 amide bonds. The number of hydrogen-bond donors (Lipinski definition) is 2. The predicted octanol–water partition coefficient (Wildman–Crippen LogP) is 1.55. The summed E-state index contributed by atoms with van der Waals surface area (Å²) in [4.78, 5) is 0. The smallest absolute Gasteiger partial charge is 0.330 e. The van der Waals surface area contributed by atoms with Crippen LogP contribution in [0, 0.1) is 0 Å². The Hall–Kier alpha value is -0.500.